The van der Waals surface area contributed by atoms with Crippen molar-refractivity contribution in [3.63, 3.8) is 0 Å². The van der Waals surface area contributed by atoms with Crippen LogP contribution in [-0.4, -0.2) is 58.7 Å². The average Bonchev–Trinajstić information content (AvgIpc) is 3.00. The molecule has 0 aromatic carbocycles. The molecule has 148 valence electrons. The van der Waals surface area contributed by atoms with Crippen LogP contribution in [-0.2, 0) is 14.6 Å². The summed E-state index contributed by atoms with van der Waals surface area (Å²) >= 11 is 0. The zero-order chi connectivity index (χ0) is 18.8. The van der Waals surface area contributed by atoms with Gasteiger partial charge >= 0.3 is 0 Å². The lowest BCUT2D eigenvalue weighted by Gasteiger charge is -2.28. The predicted molar refractivity (Wildman–Crippen MR) is 105 cm³/mol. The second-order valence-corrected chi connectivity index (χ2v) is 9.57. The summed E-state index contributed by atoms with van der Waals surface area (Å²) in [5.74, 6) is 0.977. The predicted octanol–water partition coefficient (Wildman–Crippen LogP) is 2.35. The Labute approximate surface area is 154 Å². The highest BCUT2D eigenvalue weighted by Gasteiger charge is 2.33. The lowest BCUT2D eigenvalue weighted by Crippen LogP contribution is -2.43. The van der Waals surface area contributed by atoms with Crippen LogP contribution in [0.25, 0.3) is 0 Å². The van der Waals surface area contributed by atoms with Crippen LogP contribution in [0.5, 0.6) is 0 Å². The van der Waals surface area contributed by atoms with Crippen LogP contribution in [0.3, 0.4) is 0 Å². The van der Waals surface area contributed by atoms with Gasteiger partial charge in [-0.05, 0) is 51.9 Å². The first-order valence-electron chi connectivity index (χ1n) is 9.60. The molecule has 0 aromatic heterocycles. The summed E-state index contributed by atoms with van der Waals surface area (Å²) in [5, 5.41) is 6.62. The summed E-state index contributed by atoms with van der Waals surface area (Å²) in [5.41, 5.74) is 0.257. The van der Waals surface area contributed by atoms with E-state index in [1.54, 1.807) is 0 Å². The van der Waals surface area contributed by atoms with Gasteiger partial charge in [0.05, 0.1) is 5.75 Å². The Morgan fingerprint density at radius 2 is 1.96 bits per heavy atom. The smallest absolute Gasteiger partial charge is 0.191 e. The van der Waals surface area contributed by atoms with Crippen LogP contribution < -0.4 is 10.6 Å². The van der Waals surface area contributed by atoms with Crippen molar-refractivity contribution in [1.29, 1.82) is 0 Å². The summed E-state index contributed by atoms with van der Waals surface area (Å²) in [6, 6.07) is 0.0653. The Balaban J connectivity index is 2.62. The molecule has 0 bridgehead atoms. The minimum atomic E-state index is -2.93. The van der Waals surface area contributed by atoms with Gasteiger partial charge in [0.25, 0.3) is 0 Å². The van der Waals surface area contributed by atoms with Gasteiger partial charge < -0.3 is 15.4 Å². The first-order valence-corrected chi connectivity index (χ1v) is 11.7. The molecule has 0 radical (unpaired) electrons. The van der Waals surface area contributed by atoms with E-state index in [2.05, 4.69) is 10.6 Å². The first kappa shape index (κ1) is 22.2. The van der Waals surface area contributed by atoms with E-state index < -0.39 is 9.84 Å². The van der Waals surface area contributed by atoms with Gasteiger partial charge in [0.2, 0.25) is 0 Å². The molecule has 1 unspecified atom stereocenters. The van der Waals surface area contributed by atoms with Gasteiger partial charge in [-0.15, -0.1) is 0 Å². The minimum absolute atomic E-state index is 0.0653. The Kier molecular flexibility index (Phi) is 9.79. The van der Waals surface area contributed by atoms with Crippen molar-refractivity contribution < 1.29 is 13.2 Å². The molecule has 1 saturated carbocycles. The van der Waals surface area contributed by atoms with Crippen LogP contribution in [0.1, 0.15) is 59.3 Å². The molecule has 0 heterocycles. The second-order valence-electron chi connectivity index (χ2n) is 7.31. The monoisotopic (exact) mass is 375 g/mol. The van der Waals surface area contributed by atoms with Crippen molar-refractivity contribution in [3.8, 4) is 0 Å². The maximum atomic E-state index is 11.3. The van der Waals surface area contributed by atoms with Crippen molar-refractivity contribution in [2.45, 2.75) is 65.3 Å². The van der Waals surface area contributed by atoms with Crippen molar-refractivity contribution in [2.75, 3.05) is 38.3 Å². The Morgan fingerprint density at radius 3 is 2.52 bits per heavy atom. The molecule has 0 spiro atoms. The van der Waals surface area contributed by atoms with E-state index in [-0.39, 0.29) is 17.2 Å². The molecule has 6 nitrogen and oxygen atoms in total. The van der Waals surface area contributed by atoms with Gasteiger partial charge in [0.1, 0.15) is 9.84 Å². The van der Waals surface area contributed by atoms with E-state index in [1.807, 2.05) is 20.8 Å². The van der Waals surface area contributed by atoms with Gasteiger partial charge in [0.15, 0.2) is 5.96 Å². The molecule has 1 atom stereocenters. The lowest BCUT2D eigenvalue weighted by atomic mass is 9.83. The van der Waals surface area contributed by atoms with Gasteiger partial charge in [-0.3, -0.25) is 4.99 Å². The number of guanidine groups is 1. The topological polar surface area (TPSA) is 79.8 Å². The Bertz CT molecular complexity index is 500. The SMILES string of the molecule is CCNC(=NCC1(CCOCC)CCCC1)NC(C)CCS(C)(=O)=O. The molecule has 1 aliphatic carbocycles. The third-order valence-electron chi connectivity index (χ3n) is 4.87. The van der Waals surface area contributed by atoms with E-state index in [9.17, 15) is 8.42 Å². The quantitative estimate of drug-likeness (QED) is 0.329. The Hall–Kier alpha value is -0.820. The van der Waals surface area contributed by atoms with Crippen molar-refractivity contribution in [3.05, 3.63) is 0 Å². The van der Waals surface area contributed by atoms with Crippen LogP contribution >= 0.6 is 0 Å². The number of aliphatic imine (C=N–C) groups is 1. The van der Waals surface area contributed by atoms with Gasteiger partial charge in [-0.1, -0.05) is 12.8 Å². The molecule has 0 aromatic rings. The molecule has 0 amide bonds. The van der Waals surface area contributed by atoms with E-state index in [0.717, 1.165) is 38.7 Å². The number of hydrogen-bond acceptors (Lipinski definition) is 4. The highest BCUT2D eigenvalue weighted by atomic mass is 32.2. The second kappa shape index (κ2) is 11.0. The zero-order valence-corrected chi connectivity index (χ0v) is 17.3. The summed E-state index contributed by atoms with van der Waals surface area (Å²) in [7, 11) is -2.93. The molecule has 1 rings (SSSR count). The van der Waals surface area contributed by atoms with Crippen molar-refractivity contribution in [2.24, 2.45) is 10.4 Å². The average molecular weight is 376 g/mol. The largest absolute Gasteiger partial charge is 0.382 e. The molecule has 2 N–H and O–H groups in total. The molecule has 7 heteroatoms. The molecular formula is C18H37N3O3S. The number of ether oxygens (including phenoxy) is 1. The van der Waals surface area contributed by atoms with Crippen molar-refractivity contribution in [1.82, 2.24) is 10.6 Å². The van der Waals surface area contributed by atoms with Gasteiger partial charge in [-0.2, -0.15) is 0 Å². The summed E-state index contributed by atoms with van der Waals surface area (Å²) < 4.78 is 28.2. The lowest BCUT2D eigenvalue weighted by molar-refractivity contribution is 0.107. The number of nitrogens with zero attached hydrogens (tertiary/aromatic N) is 1. The fourth-order valence-corrected chi connectivity index (χ4v) is 4.09. The van der Waals surface area contributed by atoms with Crippen LogP contribution in [0.4, 0.5) is 0 Å². The minimum Gasteiger partial charge on any atom is -0.382 e. The standard InChI is InChI=1S/C18H37N3O3S/c1-5-19-17(21-16(3)9-14-25(4,22)23)20-15-18(10-7-8-11-18)12-13-24-6-2/h16H,5-15H2,1-4H3,(H2,19,20,21). The maximum Gasteiger partial charge on any atom is 0.191 e. The number of hydrogen-bond donors (Lipinski definition) is 2. The van der Waals surface area contributed by atoms with E-state index in [1.165, 1.54) is 31.9 Å². The van der Waals surface area contributed by atoms with Crippen LogP contribution in [0, 0.1) is 5.41 Å². The summed E-state index contributed by atoms with van der Waals surface area (Å²) in [4.78, 5) is 4.82. The number of rotatable bonds is 11. The van der Waals surface area contributed by atoms with Gasteiger partial charge in [-0.25, -0.2) is 8.42 Å². The van der Waals surface area contributed by atoms with Crippen LogP contribution in [0.2, 0.25) is 0 Å². The third kappa shape index (κ3) is 9.45. The maximum absolute atomic E-state index is 11.3. The summed E-state index contributed by atoms with van der Waals surface area (Å²) in [6.07, 6.45) is 7.90. The molecule has 1 aliphatic rings. The van der Waals surface area contributed by atoms with Crippen molar-refractivity contribution >= 4 is 15.8 Å². The van der Waals surface area contributed by atoms with Gasteiger partial charge in [0, 0.05) is 38.6 Å². The fraction of sp³-hybridized carbons (Fsp3) is 0.944. The van der Waals surface area contributed by atoms with Crippen LogP contribution in [0.15, 0.2) is 4.99 Å². The van der Waals surface area contributed by atoms with E-state index in [0.29, 0.717) is 6.42 Å². The molecule has 0 saturated heterocycles. The first-order chi connectivity index (χ1) is 11.8. The molecule has 25 heavy (non-hydrogen) atoms. The fourth-order valence-electron chi connectivity index (χ4n) is 3.31. The normalized spacial score (nSPS) is 19.0. The third-order valence-corrected chi connectivity index (χ3v) is 5.84. The molecule has 1 fully saturated rings. The molecule has 0 aliphatic heterocycles. The Morgan fingerprint density at radius 1 is 1.28 bits per heavy atom. The van der Waals surface area contributed by atoms with E-state index >= 15 is 0 Å². The zero-order valence-electron chi connectivity index (χ0n) is 16.4. The molecular weight excluding hydrogens is 338 g/mol. The van der Waals surface area contributed by atoms with E-state index in [4.69, 9.17) is 9.73 Å². The number of nitrogens with one attached hydrogen (secondary N) is 2. The highest BCUT2D eigenvalue weighted by molar-refractivity contribution is 7.90. The number of sulfone groups is 1. The summed E-state index contributed by atoms with van der Waals surface area (Å²) in [6.45, 7) is 9.23. The highest BCUT2D eigenvalue weighted by Crippen LogP contribution is 2.41.